The third-order valence-corrected chi connectivity index (χ3v) is 3.81. The Balaban J connectivity index is 2.53. The number of nitrogens with zero attached hydrogens (tertiary/aromatic N) is 1. The van der Waals surface area contributed by atoms with Crippen LogP contribution in [-0.4, -0.2) is 29.2 Å². The molecule has 0 spiro atoms. The van der Waals surface area contributed by atoms with Gasteiger partial charge in [-0.25, -0.2) is 0 Å². The number of carbonyl (C=O) groups is 2. The zero-order valence-electron chi connectivity index (χ0n) is 9.41. The first-order valence-corrected chi connectivity index (χ1v) is 6.89. The standard InChI is InChI=1S/C11H8ClNO5S/c12-13-10(14)8(6-7-4-2-1-3-5-7)9(11(13)15)19(16,17)18/h1-5H,6H2,(H,16,17,18). The fourth-order valence-electron chi connectivity index (χ4n) is 1.75. The molecule has 0 bridgehead atoms. The minimum absolute atomic E-state index is 0.107. The van der Waals surface area contributed by atoms with Crippen LogP contribution in [0, 0.1) is 0 Å². The third kappa shape index (κ3) is 2.53. The summed E-state index contributed by atoms with van der Waals surface area (Å²) in [5.74, 6) is -2.18. The van der Waals surface area contributed by atoms with E-state index in [2.05, 4.69) is 0 Å². The first-order valence-electron chi connectivity index (χ1n) is 5.11. The largest absolute Gasteiger partial charge is 0.300 e. The third-order valence-electron chi connectivity index (χ3n) is 2.56. The zero-order valence-corrected chi connectivity index (χ0v) is 11.0. The summed E-state index contributed by atoms with van der Waals surface area (Å²) in [7, 11) is -4.80. The van der Waals surface area contributed by atoms with Crippen molar-refractivity contribution in [2.24, 2.45) is 0 Å². The predicted octanol–water partition coefficient (Wildman–Crippen LogP) is 0.894. The lowest BCUT2D eigenvalue weighted by Crippen LogP contribution is -2.23. The molecular weight excluding hydrogens is 294 g/mol. The lowest BCUT2D eigenvalue weighted by Gasteiger charge is -2.03. The predicted molar refractivity (Wildman–Crippen MR) is 66.4 cm³/mol. The summed E-state index contributed by atoms with van der Waals surface area (Å²) in [6, 6.07) is 8.45. The van der Waals surface area contributed by atoms with Crippen molar-refractivity contribution in [3.05, 3.63) is 46.4 Å². The summed E-state index contributed by atoms with van der Waals surface area (Å²) in [6.07, 6.45) is -0.107. The molecule has 19 heavy (non-hydrogen) atoms. The number of carbonyl (C=O) groups excluding carboxylic acids is 2. The van der Waals surface area contributed by atoms with Crippen LogP contribution in [0.15, 0.2) is 40.8 Å². The summed E-state index contributed by atoms with van der Waals surface area (Å²) in [4.78, 5) is 22.3. The summed E-state index contributed by atoms with van der Waals surface area (Å²) < 4.78 is 31.5. The Kier molecular flexibility index (Phi) is 3.44. The molecule has 1 aromatic rings. The average Bonchev–Trinajstić information content (AvgIpc) is 2.55. The molecule has 2 amide bonds. The lowest BCUT2D eigenvalue weighted by atomic mass is 10.1. The molecule has 1 aliphatic rings. The number of halogens is 1. The molecule has 0 aliphatic carbocycles. The van der Waals surface area contributed by atoms with E-state index in [4.69, 9.17) is 16.3 Å². The zero-order chi connectivity index (χ0) is 14.2. The van der Waals surface area contributed by atoms with Gasteiger partial charge in [0.05, 0.1) is 5.57 Å². The molecule has 0 radical (unpaired) electrons. The average molecular weight is 302 g/mol. The number of hydrogen-bond acceptors (Lipinski definition) is 4. The maximum Gasteiger partial charge on any atom is 0.300 e. The fraction of sp³-hybridized carbons (Fsp3) is 0.0909. The maximum atomic E-state index is 11.7. The molecule has 2 rings (SSSR count). The minimum Gasteiger partial charge on any atom is -0.282 e. The van der Waals surface area contributed by atoms with Crippen LogP contribution in [0.4, 0.5) is 0 Å². The maximum absolute atomic E-state index is 11.7. The second-order valence-electron chi connectivity index (χ2n) is 3.84. The lowest BCUT2D eigenvalue weighted by molar-refractivity contribution is -0.131. The number of hydrogen-bond donors (Lipinski definition) is 1. The van der Waals surface area contributed by atoms with Crippen LogP contribution in [-0.2, 0) is 26.1 Å². The molecule has 1 N–H and O–H groups in total. The van der Waals surface area contributed by atoms with Gasteiger partial charge in [-0.1, -0.05) is 30.3 Å². The first kappa shape index (κ1) is 13.7. The quantitative estimate of drug-likeness (QED) is 0.508. The molecule has 0 aromatic heterocycles. The molecule has 6 nitrogen and oxygen atoms in total. The highest BCUT2D eigenvalue weighted by Crippen LogP contribution is 2.28. The second-order valence-corrected chi connectivity index (χ2v) is 5.53. The van der Waals surface area contributed by atoms with Crippen LogP contribution in [0.25, 0.3) is 0 Å². The van der Waals surface area contributed by atoms with Gasteiger partial charge in [0.25, 0.3) is 11.8 Å². The number of imide groups is 1. The van der Waals surface area contributed by atoms with E-state index in [0.29, 0.717) is 5.56 Å². The Bertz CT molecular complexity index is 680. The topological polar surface area (TPSA) is 91.7 Å². The van der Waals surface area contributed by atoms with Gasteiger partial charge in [0.15, 0.2) is 4.91 Å². The molecule has 1 aromatic carbocycles. The molecule has 0 saturated heterocycles. The van der Waals surface area contributed by atoms with Crippen molar-refractivity contribution < 1.29 is 22.6 Å². The molecule has 0 unspecified atom stereocenters. The Labute approximate surface area is 114 Å². The van der Waals surface area contributed by atoms with Gasteiger partial charge in [-0.3, -0.25) is 14.1 Å². The van der Waals surface area contributed by atoms with Gasteiger partial charge in [-0.15, -0.1) is 0 Å². The van der Waals surface area contributed by atoms with Crippen molar-refractivity contribution in [3.63, 3.8) is 0 Å². The van der Waals surface area contributed by atoms with Crippen molar-refractivity contribution in [2.45, 2.75) is 6.42 Å². The molecule has 1 aliphatic heterocycles. The van der Waals surface area contributed by atoms with Crippen molar-refractivity contribution >= 4 is 33.7 Å². The second kappa shape index (κ2) is 4.76. The molecule has 1 heterocycles. The van der Waals surface area contributed by atoms with Crippen molar-refractivity contribution in [1.82, 2.24) is 4.42 Å². The van der Waals surface area contributed by atoms with Crippen molar-refractivity contribution in [3.8, 4) is 0 Å². The number of benzene rings is 1. The molecular formula is C11H8ClNO5S. The van der Waals surface area contributed by atoms with Gasteiger partial charge >= 0.3 is 10.1 Å². The smallest absolute Gasteiger partial charge is 0.282 e. The van der Waals surface area contributed by atoms with Gasteiger partial charge in [0, 0.05) is 18.2 Å². The van der Waals surface area contributed by atoms with Crippen molar-refractivity contribution in [2.75, 3.05) is 0 Å². The summed E-state index contributed by atoms with van der Waals surface area (Å²) in [5.41, 5.74) is 0.278. The van der Waals surface area contributed by atoms with Gasteiger partial charge in [0.2, 0.25) is 0 Å². The normalized spacial score (nSPS) is 16.4. The van der Waals surface area contributed by atoms with E-state index in [-0.39, 0.29) is 16.4 Å². The molecule has 8 heteroatoms. The monoisotopic (exact) mass is 301 g/mol. The van der Waals surface area contributed by atoms with Crippen LogP contribution < -0.4 is 0 Å². The van der Waals surface area contributed by atoms with E-state index in [1.165, 1.54) is 0 Å². The SMILES string of the molecule is O=C1C(Cc2ccccc2)=C(S(=O)(=O)O)C(=O)N1Cl. The highest BCUT2D eigenvalue weighted by molar-refractivity contribution is 7.91. The van der Waals surface area contributed by atoms with Crippen LogP contribution in [0.5, 0.6) is 0 Å². The van der Waals surface area contributed by atoms with E-state index >= 15 is 0 Å². The summed E-state index contributed by atoms with van der Waals surface area (Å²) >= 11 is 5.39. The van der Waals surface area contributed by atoms with E-state index < -0.39 is 26.8 Å². The molecule has 0 fully saturated rings. The molecule has 0 saturated carbocycles. The Morgan fingerprint density at radius 2 is 1.68 bits per heavy atom. The van der Waals surface area contributed by atoms with E-state index in [0.717, 1.165) is 0 Å². The Morgan fingerprint density at radius 1 is 1.11 bits per heavy atom. The van der Waals surface area contributed by atoms with Crippen LogP contribution in [0.2, 0.25) is 0 Å². The fourth-order valence-corrected chi connectivity index (χ4v) is 2.77. The van der Waals surface area contributed by atoms with E-state index in [1.54, 1.807) is 30.3 Å². The van der Waals surface area contributed by atoms with Gasteiger partial charge in [-0.2, -0.15) is 12.8 Å². The highest BCUT2D eigenvalue weighted by atomic mass is 35.5. The van der Waals surface area contributed by atoms with E-state index in [1.807, 2.05) is 0 Å². The van der Waals surface area contributed by atoms with Gasteiger partial charge < -0.3 is 0 Å². The van der Waals surface area contributed by atoms with Gasteiger partial charge in [0.1, 0.15) is 0 Å². The van der Waals surface area contributed by atoms with Crippen LogP contribution >= 0.6 is 11.8 Å². The Hall–Kier alpha value is -1.70. The summed E-state index contributed by atoms with van der Waals surface area (Å²) in [6.45, 7) is 0. The highest BCUT2D eigenvalue weighted by Gasteiger charge is 2.43. The number of amides is 2. The first-order chi connectivity index (χ1) is 8.82. The Morgan fingerprint density at radius 3 is 2.21 bits per heavy atom. The molecule has 100 valence electrons. The minimum atomic E-state index is -4.80. The van der Waals surface area contributed by atoms with E-state index in [9.17, 15) is 18.0 Å². The van der Waals surface area contributed by atoms with Crippen molar-refractivity contribution in [1.29, 1.82) is 0 Å². The number of rotatable bonds is 3. The van der Waals surface area contributed by atoms with Crippen LogP contribution in [0.3, 0.4) is 0 Å². The molecule has 0 atom stereocenters. The van der Waals surface area contributed by atoms with Crippen LogP contribution in [0.1, 0.15) is 5.56 Å². The van der Waals surface area contributed by atoms with Gasteiger partial charge in [-0.05, 0) is 5.56 Å². The summed E-state index contributed by atoms with van der Waals surface area (Å²) in [5, 5.41) is 0.